The number of ketones is 1. The van der Waals surface area contributed by atoms with Crippen molar-refractivity contribution in [2.24, 2.45) is 0 Å². The molecule has 1 aromatic carbocycles. The third kappa shape index (κ3) is 3.94. The van der Waals surface area contributed by atoms with E-state index >= 15 is 0 Å². The van der Waals surface area contributed by atoms with Gasteiger partial charge in [-0.05, 0) is 49.9 Å². The van der Waals surface area contributed by atoms with Crippen LogP contribution < -0.4 is 4.74 Å². The Hall–Kier alpha value is -2.35. The summed E-state index contributed by atoms with van der Waals surface area (Å²) in [5.74, 6) is 0.524. The minimum absolute atomic E-state index is 0.0709. The summed E-state index contributed by atoms with van der Waals surface area (Å²) < 4.78 is 5.49. The van der Waals surface area contributed by atoms with E-state index in [0.717, 1.165) is 31.4 Å². The van der Waals surface area contributed by atoms with Crippen LogP contribution in [0.4, 0.5) is 0 Å². The number of hydrogen-bond acceptors (Lipinski definition) is 4. The van der Waals surface area contributed by atoms with Gasteiger partial charge in [0, 0.05) is 25.5 Å². The molecule has 0 aliphatic heterocycles. The van der Waals surface area contributed by atoms with Crippen molar-refractivity contribution in [1.29, 1.82) is 5.26 Å². The molecule has 0 saturated heterocycles. The van der Waals surface area contributed by atoms with Gasteiger partial charge in [0.15, 0.2) is 5.78 Å². The topological polar surface area (TPSA) is 70.4 Å². The van der Waals surface area contributed by atoms with E-state index in [4.69, 9.17) is 4.74 Å². The summed E-state index contributed by atoms with van der Waals surface area (Å²) >= 11 is 0. The molecule has 0 atom stereocenters. The standard InChI is InChI=1S/C19H24N2O3/c1-3-13-24-16-7-5-15(6-8-16)17(22)9-10-18(23)21(2)19(14-20)11-4-12-19/h5-8H,3-4,9-13H2,1-2H3. The molecule has 1 aromatic rings. The van der Waals surface area contributed by atoms with Crippen molar-refractivity contribution in [2.45, 2.75) is 51.0 Å². The summed E-state index contributed by atoms with van der Waals surface area (Å²) in [6, 6.07) is 9.24. The van der Waals surface area contributed by atoms with E-state index in [1.54, 1.807) is 31.3 Å². The van der Waals surface area contributed by atoms with Crippen LogP contribution in [-0.4, -0.2) is 35.8 Å². The number of carbonyl (C=O) groups is 2. The molecule has 0 spiro atoms. The van der Waals surface area contributed by atoms with Crippen LogP contribution in [-0.2, 0) is 4.79 Å². The van der Waals surface area contributed by atoms with Gasteiger partial charge in [-0.3, -0.25) is 9.59 Å². The number of nitriles is 1. The average molecular weight is 328 g/mol. The van der Waals surface area contributed by atoms with Crippen molar-refractivity contribution in [1.82, 2.24) is 4.90 Å². The van der Waals surface area contributed by atoms with Gasteiger partial charge in [-0.2, -0.15) is 5.26 Å². The lowest BCUT2D eigenvalue weighted by Crippen LogP contribution is -2.53. The Balaban J connectivity index is 1.86. The van der Waals surface area contributed by atoms with Gasteiger partial charge in [-0.15, -0.1) is 0 Å². The van der Waals surface area contributed by atoms with Crippen LogP contribution >= 0.6 is 0 Å². The quantitative estimate of drug-likeness (QED) is 0.686. The van der Waals surface area contributed by atoms with Crippen molar-refractivity contribution in [2.75, 3.05) is 13.7 Å². The Bertz CT molecular complexity index is 627. The molecule has 1 aliphatic rings. The molecule has 1 amide bonds. The summed E-state index contributed by atoms with van der Waals surface area (Å²) in [5, 5.41) is 9.28. The zero-order valence-electron chi connectivity index (χ0n) is 14.4. The Morgan fingerprint density at radius 3 is 2.42 bits per heavy atom. The Kier molecular flexibility index (Phi) is 5.97. The maximum atomic E-state index is 12.3. The van der Waals surface area contributed by atoms with E-state index in [1.807, 2.05) is 6.92 Å². The third-order valence-corrected chi connectivity index (χ3v) is 4.62. The van der Waals surface area contributed by atoms with Crippen LogP contribution in [0.15, 0.2) is 24.3 Å². The first kappa shape index (κ1) is 18.0. The number of carbonyl (C=O) groups excluding carboxylic acids is 2. The van der Waals surface area contributed by atoms with Gasteiger partial charge < -0.3 is 9.64 Å². The van der Waals surface area contributed by atoms with Crippen LogP contribution in [0.2, 0.25) is 0 Å². The van der Waals surface area contributed by atoms with Crippen LogP contribution in [0.25, 0.3) is 0 Å². The molecule has 0 bridgehead atoms. The van der Waals surface area contributed by atoms with Crippen LogP contribution in [0, 0.1) is 11.3 Å². The second-order valence-corrected chi connectivity index (χ2v) is 6.25. The molecule has 2 rings (SSSR count). The molecular formula is C19H24N2O3. The number of amides is 1. The Labute approximate surface area is 143 Å². The van der Waals surface area contributed by atoms with E-state index in [9.17, 15) is 14.9 Å². The van der Waals surface area contributed by atoms with Gasteiger partial charge in [-0.1, -0.05) is 6.92 Å². The van der Waals surface area contributed by atoms with Gasteiger partial charge in [0.2, 0.25) is 5.91 Å². The lowest BCUT2D eigenvalue weighted by molar-refractivity contribution is -0.136. The van der Waals surface area contributed by atoms with E-state index in [1.165, 1.54) is 4.90 Å². The fraction of sp³-hybridized carbons (Fsp3) is 0.526. The summed E-state index contributed by atoms with van der Waals surface area (Å²) in [7, 11) is 1.66. The zero-order valence-corrected chi connectivity index (χ0v) is 14.4. The summed E-state index contributed by atoms with van der Waals surface area (Å²) in [6.07, 6.45) is 3.63. The number of benzene rings is 1. The second-order valence-electron chi connectivity index (χ2n) is 6.25. The van der Waals surface area contributed by atoms with Crippen molar-refractivity contribution >= 4 is 11.7 Å². The fourth-order valence-corrected chi connectivity index (χ4v) is 2.76. The molecule has 24 heavy (non-hydrogen) atoms. The molecule has 1 aliphatic carbocycles. The molecule has 1 saturated carbocycles. The van der Waals surface area contributed by atoms with E-state index in [2.05, 4.69) is 6.07 Å². The predicted molar refractivity (Wildman–Crippen MR) is 90.8 cm³/mol. The van der Waals surface area contributed by atoms with E-state index in [-0.39, 0.29) is 24.5 Å². The predicted octanol–water partition coefficient (Wildman–Crippen LogP) is 3.34. The Morgan fingerprint density at radius 1 is 1.25 bits per heavy atom. The summed E-state index contributed by atoms with van der Waals surface area (Å²) in [6.45, 7) is 2.68. The Morgan fingerprint density at radius 2 is 1.92 bits per heavy atom. The van der Waals surface area contributed by atoms with Crippen molar-refractivity contribution < 1.29 is 14.3 Å². The van der Waals surface area contributed by atoms with Crippen molar-refractivity contribution in [3.63, 3.8) is 0 Å². The molecule has 0 radical (unpaired) electrons. The van der Waals surface area contributed by atoms with Gasteiger partial charge in [0.1, 0.15) is 11.3 Å². The summed E-state index contributed by atoms with van der Waals surface area (Å²) in [5.41, 5.74) is -0.0776. The molecule has 0 aromatic heterocycles. The first-order valence-electron chi connectivity index (χ1n) is 8.46. The highest BCUT2D eigenvalue weighted by atomic mass is 16.5. The normalized spacial score (nSPS) is 15.0. The first-order valence-corrected chi connectivity index (χ1v) is 8.46. The summed E-state index contributed by atoms with van der Waals surface area (Å²) in [4.78, 5) is 26.0. The first-order chi connectivity index (χ1) is 11.5. The smallest absolute Gasteiger partial charge is 0.224 e. The number of hydrogen-bond donors (Lipinski definition) is 0. The van der Waals surface area contributed by atoms with Crippen molar-refractivity contribution in [3.8, 4) is 11.8 Å². The number of Topliss-reactive ketones (excluding diaryl/α,β-unsaturated/α-hetero) is 1. The van der Waals surface area contributed by atoms with Crippen molar-refractivity contribution in [3.05, 3.63) is 29.8 Å². The third-order valence-electron chi connectivity index (χ3n) is 4.62. The average Bonchev–Trinajstić information content (AvgIpc) is 2.57. The van der Waals surface area contributed by atoms with Crippen LogP contribution in [0.5, 0.6) is 5.75 Å². The highest BCUT2D eigenvalue weighted by Crippen LogP contribution is 2.36. The minimum atomic E-state index is -0.654. The largest absolute Gasteiger partial charge is 0.494 e. The minimum Gasteiger partial charge on any atom is -0.494 e. The van der Waals surface area contributed by atoms with Crippen LogP contribution in [0.3, 0.4) is 0 Å². The fourth-order valence-electron chi connectivity index (χ4n) is 2.76. The van der Waals surface area contributed by atoms with Gasteiger partial charge in [-0.25, -0.2) is 0 Å². The van der Waals surface area contributed by atoms with Gasteiger partial charge >= 0.3 is 0 Å². The molecule has 1 fully saturated rings. The maximum Gasteiger partial charge on any atom is 0.224 e. The SMILES string of the molecule is CCCOc1ccc(C(=O)CCC(=O)N(C)C2(C#N)CCC2)cc1. The van der Waals surface area contributed by atoms with Crippen LogP contribution in [0.1, 0.15) is 55.8 Å². The zero-order chi connectivity index (χ0) is 17.6. The molecular weight excluding hydrogens is 304 g/mol. The van der Waals surface area contributed by atoms with E-state index < -0.39 is 5.54 Å². The van der Waals surface area contributed by atoms with Gasteiger partial charge in [0.25, 0.3) is 0 Å². The number of ether oxygens (including phenoxy) is 1. The molecule has 128 valence electrons. The molecule has 5 nitrogen and oxygen atoms in total. The lowest BCUT2D eigenvalue weighted by Gasteiger charge is -2.43. The molecule has 0 N–H and O–H groups in total. The second kappa shape index (κ2) is 7.96. The van der Waals surface area contributed by atoms with Gasteiger partial charge in [0.05, 0.1) is 12.7 Å². The lowest BCUT2D eigenvalue weighted by atomic mass is 9.76. The molecule has 0 unspecified atom stereocenters. The number of nitrogens with zero attached hydrogens (tertiary/aromatic N) is 2. The highest BCUT2D eigenvalue weighted by molar-refractivity contribution is 5.98. The van der Waals surface area contributed by atoms with E-state index in [0.29, 0.717) is 12.2 Å². The highest BCUT2D eigenvalue weighted by Gasteiger charge is 2.43. The maximum absolute atomic E-state index is 12.3. The molecule has 5 heteroatoms. The molecule has 0 heterocycles. The number of rotatable bonds is 8. The monoisotopic (exact) mass is 328 g/mol.